The Bertz CT molecular complexity index is 495. The fraction of sp³-hybridized carbons (Fsp3) is 0.182. The maximum absolute atomic E-state index is 10.6. The van der Waals surface area contributed by atoms with Gasteiger partial charge in [-0.1, -0.05) is 18.2 Å². The zero-order valence-electron chi connectivity index (χ0n) is 8.60. The van der Waals surface area contributed by atoms with Crippen LogP contribution >= 0.6 is 0 Å². The van der Waals surface area contributed by atoms with Crippen LogP contribution in [0.4, 0.5) is 0 Å². The maximum atomic E-state index is 10.6. The number of para-hydroxylation sites is 1. The van der Waals surface area contributed by atoms with Crippen molar-refractivity contribution in [1.82, 2.24) is 4.98 Å². The number of rotatable bonds is 3. The molecule has 1 atom stereocenters. The van der Waals surface area contributed by atoms with Crippen molar-refractivity contribution in [3.05, 3.63) is 36.0 Å². The monoisotopic (exact) mass is 412 g/mol. The molecule has 4 radical (unpaired) electrons. The van der Waals surface area contributed by atoms with Crippen LogP contribution in [0.3, 0.4) is 0 Å². The molecule has 1 aromatic heterocycles. The molecule has 0 saturated heterocycles. The summed E-state index contributed by atoms with van der Waals surface area (Å²) in [5, 5.41) is 9.75. The summed E-state index contributed by atoms with van der Waals surface area (Å²) in [6.45, 7) is 0. The number of benzene rings is 1. The molecule has 1 aromatic carbocycles. The molecule has 0 fully saturated rings. The van der Waals surface area contributed by atoms with Gasteiger partial charge < -0.3 is 15.8 Å². The Morgan fingerprint density at radius 3 is 2.81 bits per heavy atom. The number of H-pyrrole nitrogens is 1. The minimum Gasteiger partial charge on any atom is -0.480 e. The van der Waals surface area contributed by atoms with Crippen LogP contribution in [0, 0.1) is 0 Å². The number of hydrogen-bond donors (Lipinski definition) is 3. The Morgan fingerprint density at radius 1 is 1.44 bits per heavy atom. The Labute approximate surface area is 113 Å². The number of carbonyl (C=O) groups is 1. The van der Waals surface area contributed by atoms with Gasteiger partial charge >= 0.3 is 5.97 Å². The van der Waals surface area contributed by atoms with Gasteiger partial charge in [-0.05, 0) is 11.6 Å². The van der Waals surface area contributed by atoms with E-state index in [1.807, 2.05) is 30.5 Å². The minimum atomic E-state index is -0.972. The summed E-state index contributed by atoms with van der Waals surface area (Å²) in [6, 6.07) is 6.91. The molecule has 2 aromatic rings. The second-order valence-electron chi connectivity index (χ2n) is 3.51. The third-order valence-corrected chi connectivity index (χ3v) is 2.43. The largest absolute Gasteiger partial charge is 0.480 e. The molecule has 16 heavy (non-hydrogen) atoms. The Balaban J connectivity index is 0.00000128. The van der Waals surface area contributed by atoms with Crippen molar-refractivity contribution >= 4 is 44.2 Å². The molecule has 0 amide bonds. The first-order chi connectivity index (χ1) is 7.18. The van der Waals surface area contributed by atoms with Crippen LogP contribution in [-0.2, 0) is 11.2 Å². The van der Waals surface area contributed by atoms with Crippen molar-refractivity contribution in [2.75, 3.05) is 0 Å². The molecule has 0 saturated carbocycles. The zero-order valence-corrected chi connectivity index (χ0v) is 12.5. The molecular formula is C11H12N2O2Pb. The molecule has 82 valence electrons. The molecule has 4 N–H and O–H groups in total. The molecule has 0 spiro atoms. The smallest absolute Gasteiger partial charge is 0.320 e. The number of aromatic nitrogens is 1. The summed E-state index contributed by atoms with van der Waals surface area (Å²) in [4.78, 5) is 13.7. The number of nitrogens with one attached hydrogen (secondary N) is 1. The van der Waals surface area contributed by atoms with Crippen molar-refractivity contribution < 1.29 is 9.90 Å². The Kier molecular flexibility index (Phi) is 4.48. The average molecular weight is 411 g/mol. The van der Waals surface area contributed by atoms with E-state index in [9.17, 15) is 4.79 Å². The summed E-state index contributed by atoms with van der Waals surface area (Å²) in [5.74, 6) is -0.972. The van der Waals surface area contributed by atoms with Crippen LogP contribution in [0.1, 0.15) is 5.56 Å². The molecule has 0 bridgehead atoms. The number of nitrogens with two attached hydrogens (primary N) is 1. The van der Waals surface area contributed by atoms with E-state index >= 15 is 0 Å². The molecule has 1 heterocycles. The van der Waals surface area contributed by atoms with Crippen LogP contribution in [0.5, 0.6) is 0 Å². The second kappa shape index (κ2) is 5.44. The number of fused-ring (bicyclic) bond motifs is 1. The first-order valence-corrected chi connectivity index (χ1v) is 4.72. The zero-order chi connectivity index (χ0) is 10.8. The minimum absolute atomic E-state index is 0. The summed E-state index contributed by atoms with van der Waals surface area (Å²) in [5.41, 5.74) is 7.43. The van der Waals surface area contributed by atoms with Gasteiger partial charge in [0.25, 0.3) is 0 Å². The van der Waals surface area contributed by atoms with Gasteiger partial charge in [0.1, 0.15) is 6.04 Å². The van der Waals surface area contributed by atoms with E-state index in [1.165, 1.54) is 0 Å². The fourth-order valence-electron chi connectivity index (χ4n) is 1.62. The van der Waals surface area contributed by atoms with Crippen molar-refractivity contribution in [1.29, 1.82) is 0 Å². The summed E-state index contributed by atoms with van der Waals surface area (Å²) >= 11 is 0. The number of aromatic amines is 1. The predicted octanol–water partition coefficient (Wildman–Crippen LogP) is 0.742. The van der Waals surface area contributed by atoms with E-state index in [0.717, 1.165) is 16.5 Å². The second-order valence-corrected chi connectivity index (χ2v) is 3.51. The molecule has 2 rings (SSSR count). The van der Waals surface area contributed by atoms with Crippen LogP contribution in [0.15, 0.2) is 30.5 Å². The van der Waals surface area contributed by atoms with Gasteiger partial charge in [0.2, 0.25) is 0 Å². The number of carboxylic acid groups (broad SMARTS) is 1. The van der Waals surface area contributed by atoms with Gasteiger partial charge in [0.05, 0.1) is 0 Å². The number of hydrogen-bond acceptors (Lipinski definition) is 2. The predicted molar refractivity (Wildman–Crippen MR) is 63.4 cm³/mol. The van der Waals surface area contributed by atoms with E-state index in [4.69, 9.17) is 10.8 Å². The third-order valence-electron chi connectivity index (χ3n) is 2.43. The van der Waals surface area contributed by atoms with Gasteiger partial charge in [-0.2, -0.15) is 0 Å². The van der Waals surface area contributed by atoms with Crippen molar-refractivity contribution in [3.8, 4) is 0 Å². The number of carboxylic acids is 1. The number of aliphatic carboxylic acids is 1. The van der Waals surface area contributed by atoms with Crippen LogP contribution in [0.25, 0.3) is 10.9 Å². The van der Waals surface area contributed by atoms with E-state index in [2.05, 4.69) is 4.98 Å². The molecule has 0 aliphatic rings. The van der Waals surface area contributed by atoms with Gasteiger partial charge in [0, 0.05) is 50.8 Å². The van der Waals surface area contributed by atoms with E-state index in [0.29, 0.717) is 6.42 Å². The first-order valence-electron chi connectivity index (χ1n) is 4.72. The van der Waals surface area contributed by atoms with Gasteiger partial charge in [0.15, 0.2) is 0 Å². The molecule has 0 aliphatic heterocycles. The summed E-state index contributed by atoms with van der Waals surface area (Å²) in [7, 11) is 0. The molecule has 5 heteroatoms. The molecular weight excluding hydrogens is 399 g/mol. The third kappa shape index (κ3) is 2.62. The molecule has 1 unspecified atom stereocenters. The van der Waals surface area contributed by atoms with E-state index in [-0.39, 0.29) is 27.3 Å². The summed E-state index contributed by atoms with van der Waals surface area (Å²) < 4.78 is 0. The van der Waals surface area contributed by atoms with Crippen molar-refractivity contribution in [3.63, 3.8) is 0 Å². The topological polar surface area (TPSA) is 79.1 Å². The average Bonchev–Trinajstić information content (AvgIpc) is 2.62. The van der Waals surface area contributed by atoms with Crippen LogP contribution in [-0.4, -0.2) is 49.4 Å². The quantitative estimate of drug-likeness (QED) is 0.652. The van der Waals surface area contributed by atoms with Gasteiger partial charge in [-0.25, -0.2) is 0 Å². The first kappa shape index (κ1) is 13.2. The van der Waals surface area contributed by atoms with Crippen molar-refractivity contribution in [2.24, 2.45) is 5.73 Å². The SMILES string of the molecule is NC(Cc1c[nH]c2ccccc12)C(=O)O.[Pb]. The van der Waals surface area contributed by atoms with Crippen molar-refractivity contribution in [2.45, 2.75) is 12.5 Å². The van der Waals surface area contributed by atoms with Crippen LogP contribution in [0.2, 0.25) is 0 Å². The van der Waals surface area contributed by atoms with Gasteiger partial charge in [-0.3, -0.25) is 4.79 Å². The normalized spacial score (nSPS) is 12.1. The van der Waals surface area contributed by atoms with E-state index < -0.39 is 12.0 Å². The maximum Gasteiger partial charge on any atom is 0.320 e. The van der Waals surface area contributed by atoms with E-state index in [1.54, 1.807) is 0 Å². The van der Waals surface area contributed by atoms with Crippen LogP contribution < -0.4 is 5.73 Å². The Morgan fingerprint density at radius 2 is 2.12 bits per heavy atom. The summed E-state index contributed by atoms with van der Waals surface area (Å²) in [6.07, 6.45) is 2.16. The fourth-order valence-corrected chi connectivity index (χ4v) is 1.62. The van der Waals surface area contributed by atoms with Gasteiger partial charge in [-0.15, -0.1) is 0 Å². The standard InChI is InChI=1S/C11H12N2O2.Pb/c12-9(11(14)15)5-7-6-13-10-4-2-1-3-8(7)10;/h1-4,6,9,13H,5,12H2,(H,14,15);. The molecule has 0 aliphatic carbocycles. The molecule has 4 nitrogen and oxygen atoms in total. The Hall–Kier alpha value is -0.888.